The summed E-state index contributed by atoms with van der Waals surface area (Å²) in [5.74, 6) is -19.2. The van der Waals surface area contributed by atoms with Crippen LogP contribution in [0, 0.1) is 46.5 Å². The van der Waals surface area contributed by atoms with E-state index in [1.165, 1.54) is 0 Å². The Hall–Kier alpha value is -3.70. The standard InChI is InChI=1S/C18H4F8N2O2/c19-4-1-3(2-5(20)9(4)21)15-6-7(18(30)27-15)16(28-17(6)29)8-10(22)12(24)14(26)13(25)11(8)23/h1-2,27,30H. The number of carbonyl (C=O) groups excluding carboxylic acids is 1. The summed E-state index contributed by atoms with van der Waals surface area (Å²) in [6, 6.07) is 0.904. The van der Waals surface area contributed by atoms with E-state index in [0.717, 1.165) is 0 Å². The summed E-state index contributed by atoms with van der Waals surface area (Å²) < 4.78 is 109. The van der Waals surface area contributed by atoms with E-state index in [1.54, 1.807) is 0 Å². The second-order valence-electron chi connectivity index (χ2n) is 6.06. The van der Waals surface area contributed by atoms with Crippen LogP contribution in [0.3, 0.4) is 0 Å². The normalized spacial score (nSPS) is 13.1. The van der Waals surface area contributed by atoms with E-state index in [1.807, 2.05) is 0 Å². The predicted octanol–water partition coefficient (Wildman–Crippen LogP) is 4.49. The van der Waals surface area contributed by atoms with Crippen molar-refractivity contribution in [3.63, 3.8) is 0 Å². The van der Waals surface area contributed by atoms with E-state index in [4.69, 9.17) is 0 Å². The summed E-state index contributed by atoms with van der Waals surface area (Å²) in [6.45, 7) is 0. The fraction of sp³-hybridized carbons (Fsp3) is 0. The molecule has 154 valence electrons. The number of halogens is 8. The Bertz CT molecular complexity index is 1260. The van der Waals surface area contributed by atoms with Crippen molar-refractivity contribution in [3.05, 3.63) is 75.4 Å². The number of hydrogen-bond donors (Lipinski definition) is 2. The molecule has 1 aliphatic heterocycles. The number of benzene rings is 2. The molecule has 0 atom stereocenters. The molecule has 1 aromatic heterocycles. The van der Waals surface area contributed by atoms with Gasteiger partial charge in [0.15, 0.2) is 46.6 Å². The molecule has 0 spiro atoms. The number of carbonyl (C=O) groups is 1. The fourth-order valence-electron chi connectivity index (χ4n) is 3.05. The molecule has 0 aliphatic carbocycles. The first-order valence-corrected chi connectivity index (χ1v) is 7.79. The Morgan fingerprint density at radius 2 is 1.20 bits per heavy atom. The fourth-order valence-corrected chi connectivity index (χ4v) is 3.05. The molecule has 1 aliphatic rings. The average Bonchev–Trinajstić information content (AvgIpc) is 3.21. The SMILES string of the molecule is O=C1N=C(c2c(F)c(F)c(F)c(F)c2F)c2c(O)[nH]c(-c3cc(F)c(F)c(F)c3)c21. The molecular formula is C18H4F8N2O2. The van der Waals surface area contributed by atoms with Crippen LogP contribution in [0.2, 0.25) is 0 Å². The van der Waals surface area contributed by atoms with E-state index in [-0.39, 0.29) is 0 Å². The third-order valence-corrected chi connectivity index (χ3v) is 4.36. The van der Waals surface area contributed by atoms with Crippen molar-refractivity contribution in [2.45, 2.75) is 0 Å². The summed E-state index contributed by atoms with van der Waals surface area (Å²) in [7, 11) is 0. The van der Waals surface area contributed by atoms with Gasteiger partial charge in [-0.1, -0.05) is 0 Å². The van der Waals surface area contributed by atoms with Crippen molar-refractivity contribution in [1.82, 2.24) is 4.98 Å². The number of nitrogens with zero attached hydrogens (tertiary/aromatic N) is 1. The first-order valence-electron chi connectivity index (χ1n) is 7.79. The predicted molar refractivity (Wildman–Crippen MR) is 84.0 cm³/mol. The van der Waals surface area contributed by atoms with Crippen LogP contribution in [0.4, 0.5) is 35.1 Å². The minimum atomic E-state index is -2.45. The van der Waals surface area contributed by atoms with Gasteiger partial charge in [-0.2, -0.15) is 0 Å². The maximum atomic E-state index is 14.1. The van der Waals surface area contributed by atoms with Crippen molar-refractivity contribution in [3.8, 4) is 17.1 Å². The summed E-state index contributed by atoms with van der Waals surface area (Å²) in [5, 5.41) is 10.1. The monoisotopic (exact) mass is 432 g/mol. The van der Waals surface area contributed by atoms with E-state index in [9.17, 15) is 45.0 Å². The number of aliphatic imine (C=N–C) groups is 1. The van der Waals surface area contributed by atoms with Gasteiger partial charge in [-0.25, -0.2) is 40.1 Å². The molecule has 4 rings (SSSR count). The Morgan fingerprint density at radius 1 is 0.700 bits per heavy atom. The minimum Gasteiger partial charge on any atom is -0.494 e. The lowest BCUT2D eigenvalue weighted by Gasteiger charge is -2.08. The molecule has 2 N–H and O–H groups in total. The van der Waals surface area contributed by atoms with Gasteiger partial charge < -0.3 is 10.1 Å². The van der Waals surface area contributed by atoms with Gasteiger partial charge in [0.1, 0.15) is 0 Å². The molecular weight excluding hydrogens is 428 g/mol. The van der Waals surface area contributed by atoms with E-state index in [0.29, 0.717) is 12.1 Å². The highest BCUT2D eigenvalue weighted by Crippen LogP contribution is 2.40. The molecule has 0 unspecified atom stereocenters. The van der Waals surface area contributed by atoms with Crippen LogP contribution in [0.25, 0.3) is 11.3 Å². The van der Waals surface area contributed by atoms with Crippen molar-refractivity contribution in [2.24, 2.45) is 4.99 Å². The van der Waals surface area contributed by atoms with Gasteiger partial charge in [0.05, 0.1) is 28.1 Å². The van der Waals surface area contributed by atoms with E-state index < -0.39 is 92.0 Å². The largest absolute Gasteiger partial charge is 0.494 e. The molecule has 0 radical (unpaired) electrons. The Kier molecular flexibility index (Phi) is 4.19. The Labute approximate surface area is 160 Å². The van der Waals surface area contributed by atoms with Gasteiger partial charge >= 0.3 is 0 Å². The van der Waals surface area contributed by atoms with Crippen molar-refractivity contribution in [2.75, 3.05) is 0 Å². The lowest BCUT2D eigenvalue weighted by atomic mass is 9.99. The highest BCUT2D eigenvalue weighted by molar-refractivity contribution is 6.30. The Morgan fingerprint density at radius 3 is 1.73 bits per heavy atom. The van der Waals surface area contributed by atoms with Gasteiger partial charge in [-0.3, -0.25) is 4.79 Å². The highest BCUT2D eigenvalue weighted by Gasteiger charge is 2.38. The topological polar surface area (TPSA) is 65.4 Å². The van der Waals surface area contributed by atoms with E-state index >= 15 is 0 Å². The van der Waals surface area contributed by atoms with Crippen LogP contribution < -0.4 is 0 Å². The summed E-state index contributed by atoms with van der Waals surface area (Å²) in [4.78, 5) is 17.6. The van der Waals surface area contributed by atoms with Crippen LogP contribution in [0.1, 0.15) is 21.5 Å². The van der Waals surface area contributed by atoms with Gasteiger partial charge in [-0.05, 0) is 12.1 Å². The number of fused-ring (bicyclic) bond motifs is 1. The number of aromatic hydroxyl groups is 1. The zero-order valence-corrected chi connectivity index (χ0v) is 14.0. The molecule has 0 saturated carbocycles. The molecule has 0 saturated heterocycles. The summed E-state index contributed by atoms with van der Waals surface area (Å²) >= 11 is 0. The lowest BCUT2D eigenvalue weighted by molar-refractivity contribution is 0.101. The van der Waals surface area contributed by atoms with E-state index in [2.05, 4.69) is 9.98 Å². The first kappa shape index (κ1) is 19.6. The number of aromatic nitrogens is 1. The molecule has 12 heteroatoms. The lowest BCUT2D eigenvalue weighted by Crippen LogP contribution is -2.13. The maximum Gasteiger partial charge on any atom is 0.280 e. The molecule has 1 amide bonds. The van der Waals surface area contributed by atoms with Crippen molar-refractivity contribution < 1.29 is 45.0 Å². The number of rotatable bonds is 2. The van der Waals surface area contributed by atoms with Crippen LogP contribution >= 0.6 is 0 Å². The number of hydrogen-bond acceptors (Lipinski definition) is 2. The Balaban J connectivity index is 1.98. The number of amides is 1. The van der Waals surface area contributed by atoms with Crippen LogP contribution in [0.15, 0.2) is 17.1 Å². The van der Waals surface area contributed by atoms with Crippen LogP contribution in [-0.4, -0.2) is 21.7 Å². The molecule has 30 heavy (non-hydrogen) atoms. The quantitative estimate of drug-likeness (QED) is 0.356. The molecule has 0 fully saturated rings. The van der Waals surface area contributed by atoms with Gasteiger partial charge in [-0.15, -0.1) is 0 Å². The van der Waals surface area contributed by atoms with Crippen molar-refractivity contribution in [1.29, 1.82) is 0 Å². The average molecular weight is 432 g/mol. The second kappa shape index (κ2) is 6.40. The molecule has 2 heterocycles. The number of nitrogens with one attached hydrogen (secondary N) is 1. The third-order valence-electron chi connectivity index (χ3n) is 4.36. The third kappa shape index (κ3) is 2.52. The summed E-state index contributed by atoms with van der Waals surface area (Å²) in [5.41, 5.74) is -5.13. The van der Waals surface area contributed by atoms with Gasteiger partial charge in [0.25, 0.3) is 5.91 Å². The molecule has 4 nitrogen and oxygen atoms in total. The molecule has 0 bridgehead atoms. The second-order valence-corrected chi connectivity index (χ2v) is 6.06. The zero-order chi connectivity index (χ0) is 22.1. The highest BCUT2D eigenvalue weighted by atomic mass is 19.2. The molecule has 2 aromatic carbocycles. The van der Waals surface area contributed by atoms with Crippen LogP contribution in [0.5, 0.6) is 5.88 Å². The maximum absolute atomic E-state index is 14.1. The van der Waals surface area contributed by atoms with Crippen LogP contribution in [-0.2, 0) is 0 Å². The molecule has 3 aromatic rings. The van der Waals surface area contributed by atoms with Gasteiger partial charge in [0.2, 0.25) is 5.82 Å². The first-order chi connectivity index (χ1) is 14.0. The minimum absolute atomic E-state index is 0.452. The smallest absolute Gasteiger partial charge is 0.280 e. The number of aromatic amines is 1. The van der Waals surface area contributed by atoms with Crippen molar-refractivity contribution >= 4 is 11.6 Å². The summed E-state index contributed by atoms with van der Waals surface area (Å²) in [6.07, 6.45) is 0. The number of H-pyrrole nitrogens is 1. The zero-order valence-electron chi connectivity index (χ0n) is 14.0. The van der Waals surface area contributed by atoms with Gasteiger partial charge in [0, 0.05) is 5.56 Å².